The Morgan fingerprint density at radius 2 is 1.76 bits per heavy atom. The lowest BCUT2D eigenvalue weighted by Gasteiger charge is -2.16. The van der Waals surface area contributed by atoms with Gasteiger partial charge in [-0.2, -0.15) is 0 Å². The summed E-state index contributed by atoms with van der Waals surface area (Å²) in [5, 5.41) is 28.8. The Morgan fingerprint density at radius 3 is 2.35 bits per heavy atom. The zero-order valence-corrected chi connectivity index (χ0v) is 8.72. The lowest BCUT2D eigenvalue weighted by atomic mass is 9.92. The number of methoxy groups -OCH3 is 1. The van der Waals surface area contributed by atoms with Gasteiger partial charge in [-0.05, 0) is 0 Å². The van der Waals surface area contributed by atoms with Gasteiger partial charge in [0.1, 0.15) is 11.5 Å². The van der Waals surface area contributed by atoms with Gasteiger partial charge in [-0.1, -0.05) is 0 Å². The highest BCUT2D eigenvalue weighted by Gasteiger charge is 2.33. The van der Waals surface area contributed by atoms with Gasteiger partial charge in [0, 0.05) is 12.1 Å². The second-order valence-electron chi connectivity index (χ2n) is 3.42. The van der Waals surface area contributed by atoms with Crippen molar-refractivity contribution < 1.29 is 29.6 Å². The van der Waals surface area contributed by atoms with E-state index in [-0.39, 0.29) is 11.3 Å². The van der Waals surface area contributed by atoms with Gasteiger partial charge in [-0.3, -0.25) is 9.59 Å². The molecule has 1 aromatic rings. The number of hydrogen-bond donors (Lipinski definition) is 3. The van der Waals surface area contributed by atoms with Gasteiger partial charge in [-0.15, -0.1) is 0 Å². The average molecular weight is 236 g/mol. The number of rotatable bonds is 1. The van der Waals surface area contributed by atoms with E-state index in [1.165, 1.54) is 7.11 Å². The van der Waals surface area contributed by atoms with Crippen LogP contribution in [0.4, 0.5) is 0 Å². The molecule has 0 heterocycles. The minimum atomic E-state index is -1.01. The number of ketones is 2. The van der Waals surface area contributed by atoms with Crippen molar-refractivity contribution in [3.63, 3.8) is 0 Å². The van der Waals surface area contributed by atoms with E-state index in [0.29, 0.717) is 6.08 Å². The van der Waals surface area contributed by atoms with Gasteiger partial charge in [0.05, 0.1) is 18.2 Å². The van der Waals surface area contributed by atoms with E-state index in [1.54, 1.807) is 0 Å². The molecule has 2 rings (SSSR count). The molecule has 1 aliphatic rings. The number of fused-ring (bicyclic) bond motifs is 1. The number of carbonyl (C=O) groups is 2. The van der Waals surface area contributed by atoms with Crippen LogP contribution in [0, 0.1) is 0 Å². The van der Waals surface area contributed by atoms with Crippen molar-refractivity contribution in [1.82, 2.24) is 0 Å². The number of allylic oxidation sites excluding steroid dienone is 1. The average Bonchev–Trinajstić information content (AvgIpc) is 2.28. The summed E-state index contributed by atoms with van der Waals surface area (Å²) in [6.45, 7) is 0. The van der Waals surface area contributed by atoms with Gasteiger partial charge < -0.3 is 20.1 Å². The smallest absolute Gasteiger partial charge is 0.237 e. The normalized spacial score (nSPS) is 14.3. The SMILES string of the molecule is COc1cc(O)c2c(c1O)C(=O)C(=O)C=C2O. The van der Waals surface area contributed by atoms with Crippen molar-refractivity contribution in [2.45, 2.75) is 0 Å². The predicted octanol–water partition coefficient (Wildman–Crippen LogP) is 0.771. The molecule has 0 atom stereocenters. The summed E-state index contributed by atoms with van der Waals surface area (Å²) in [6.07, 6.45) is 0.691. The number of benzene rings is 1. The molecule has 0 saturated carbocycles. The summed E-state index contributed by atoms with van der Waals surface area (Å²) in [5.41, 5.74) is -0.722. The van der Waals surface area contributed by atoms with Crippen molar-refractivity contribution in [3.8, 4) is 17.2 Å². The zero-order valence-electron chi connectivity index (χ0n) is 8.72. The minimum Gasteiger partial charge on any atom is -0.507 e. The van der Waals surface area contributed by atoms with Crippen molar-refractivity contribution in [2.24, 2.45) is 0 Å². The molecule has 0 aromatic heterocycles. The number of hydrogen-bond acceptors (Lipinski definition) is 6. The first-order chi connectivity index (χ1) is 7.97. The molecule has 1 aromatic carbocycles. The monoisotopic (exact) mass is 236 g/mol. The Kier molecular flexibility index (Phi) is 2.27. The summed E-state index contributed by atoms with van der Waals surface area (Å²) in [5.74, 6) is -3.75. The summed E-state index contributed by atoms with van der Waals surface area (Å²) in [6, 6.07) is 1.04. The van der Waals surface area contributed by atoms with Crippen molar-refractivity contribution in [1.29, 1.82) is 0 Å². The number of phenolic OH excluding ortho intramolecular Hbond substituents is 2. The number of ether oxygens (including phenoxy) is 1. The number of phenols is 2. The summed E-state index contributed by atoms with van der Waals surface area (Å²) in [4.78, 5) is 22.8. The maximum absolute atomic E-state index is 11.6. The van der Waals surface area contributed by atoms with E-state index in [9.17, 15) is 24.9 Å². The fraction of sp³-hybridized carbons (Fsp3) is 0.0909. The molecule has 0 radical (unpaired) electrons. The van der Waals surface area contributed by atoms with Gasteiger partial charge in [0.2, 0.25) is 11.6 Å². The number of carbonyl (C=O) groups excluding carboxylic acids is 2. The molecule has 0 bridgehead atoms. The number of aliphatic hydroxyl groups is 1. The predicted molar refractivity (Wildman–Crippen MR) is 56.3 cm³/mol. The van der Waals surface area contributed by atoms with Crippen LogP contribution in [0.25, 0.3) is 5.76 Å². The third-order valence-electron chi connectivity index (χ3n) is 2.44. The molecule has 17 heavy (non-hydrogen) atoms. The lowest BCUT2D eigenvalue weighted by Crippen LogP contribution is -2.19. The second-order valence-corrected chi connectivity index (χ2v) is 3.42. The fourth-order valence-electron chi connectivity index (χ4n) is 1.66. The van der Waals surface area contributed by atoms with E-state index in [0.717, 1.165) is 6.07 Å². The summed E-state index contributed by atoms with van der Waals surface area (Å²) in [7, 11) is 1.23. The van der Waals surface area contributed by atoms with Crippen LogP contribution in [0.3, 0.4) is 0 Å². The third kappa shape index (κ3) is 1.42. The molecule has 6 nitrogen and oxygen atoms in total. The Balaban J connectivity index is 2.86. The standard InChI is InChI=1S/C11H8O6/c1-17-7-3-5(13)8-4(12)2-6(14)10(15)9(8)11(7)16/h2-3,12-13,16H,1H3. The molecular weight excluding hydrogens is 228 g/mol. The fourth-order valence-corrected chi connectivity index (χ4v) is 1.66. The first-order valence-corrected chi connectivity index (χ1v) is 4.60. The van der Waals surface area contributed by atoms with Gasteiger partial charge in [0.15, 0.2) is 11.5 Å². The highest BCUT2D eigenvalue weighted by molar-refractivity contribution is 6.51. The molecule has 0 fully saturated rings. The van der Waals surface area contributed by atoms with Gasteiger partial charge in [-0.25, -0.2) is 0 Å². The minimum absolute atomic E-state index is 0.155. The third-order valence-corrected chi connectivity index (χ3v) is 2.44. The van der Waals surface area contributed by atoms with Gasteiger partial charge >= 0.3 is 0 Å². The van der Waals surface area contributed by atoms with Crippen molar-refractivity contribution >= 4 is 17.3 Å². The molecule has 0 aliphatic heterocycles. The Hall–Kier alpha value is -2.50. The molecule has 0 amide bonds. The second kappa shape index (κ2) is 3.51. The Labute approximate surface area is 95.4 Å². The number of Topliss-reactive ketones (excluding diaryl/α,β-unsaturated/α-hetero) is 1. The number of aromatic hydroxyl groups is 2. The van der Waals surface area contributed by atoms with Crippen molar-refractivity contribution in [3.05, 3.63) is 23.3 Å². The molecule has 3 N–H and O–H groups in total. The van der Waals surface area contributed by atoms with Crippen LogP contribution in [0.1, 0.15) is 15.9 Å². The van der Waals surface area contributed by atoms with Gasteiger partial charge in [0.25, 0.3) is 0 Å². The Morgan fingerprint density at radius 1 is 1.12 bits per heavy atom. The first-order valence-electron chi connectivity index (χ1n) is 4.60. The number of aliphatic hydroxyl groups excluding tert-OH is 1. The maximum Gasteiger partial charge on any atom is 0.237 e. The van der Waals surface area contributed by atoms with E-state index in [4.69, 9.17) is 4.74 Å². The molecule has 0 unspecified atom stereocenters. The van der Waals surface area contributed by atoms with E-state index in [2.05, 4.69) is 0 Å². The van der Waals surface area contributed by atoms with E-state index >= 15 is 0 Å². The van der Waals surface area contributed by atoms with E-state index < -0.39 is 34.4 Å². The maximum atomic E-state index is 11.6. The van der Waals surface area contributed by atoms with Crippen molar-refractivity contribution in [2.75, 3.05) is 7.11 Å². The first kappa shape index (κ1) is 11.0. The molecule has 6 heteroatoms. The molecule has 1 aliphatic carbocycles. The largest absolute Gasteiger partial charge is 0.507 e. The molecule has 0 spiro atoms. The highest BCUT2D eigenvalue weighted by atomic mass is 16.5. The quantitative estimate of drug-likeness (QED) is 0.491. The Bertz CT molecular complexity index is 570. The molecular formula is C11H8O6. The van der Waals surface area contributed by atoms with Crippen LogP contribution in [-0.2, 0) is 4.79 Å². The highest BCUT2D eigenvalue weighted by Crippen LogP contribution is 2.42. The van der Waals surface area contributed by atoms with Crippen LogP contribution in [0.15, 0.2) is 12.1 Å². The molecule has 88 valence electrons. The van der Waals surface area contributed by atoms with Crippen LogP contribution >= 0.6 is 0 Å². The van der Waals surface area contributed by atoms with Crippen LogP contribution in [-0.4, -0.2) is 34.0 Å². The summed E-state index contributed by atoms with van der Waals surface area (Å²) >= 11 is 0. The van der Waals surface area contributed by atoms with Crippen LogP contribution < -0.4 is 4.74 Å². The van der Waals surface area contributed by atoms with Crippen LogP contribution in [0.2, 0.25) is 0 Å². The topological polar surface area (TPSA) is 104 Å². The van der Waals surface area contributed by atoms with Crippen LogP contribution in [0.5, 0.6) is 17.2 Å². The lowest BCUT2D eigenvalue weighted by molar-refractivity contribution is -0.111. The zero-order chi connectivity index (χ0) is 12.7. The van der Waals surface area contributed by atoms with E-state index in [1.807, 2.05) is 0 Å². The molecule has 0 saturated heterocycles. The summed E-state index contributed by atoms with van der Waals surface area (Å²) < 4.78 is 4.74.